The van der Waals surface area contributed by atoms with Crippen LogP contribution in [-0.2, 0) is 6.54 Å². The van der Waals surface area contributed by atoms with Crippen LogP contribution in [-0.4, -0.2) is 35.8 Å². The topological polar surface area (TPSA) is 75.7 Å². The van der Waals surface area contributed by atoms with Gasteiger partial charge in [-0.2, -0.15) is 0 Å². The molecule has 1 aliphatic heterocycles. The number of fused-ring (bicyclic) bond motifs is 1. The monoisotopic (exact) mass is 380 g/mol. The summed E-state index contributed by atoms with van der Waals surface area (Å²) in [6, 6.07) is 12.0. The number of unbranched alkanes of at least 4 members (excludes halogenated alkanes) is 1. The number of carbonyl (C=O) groups is 3. The van der Waals surface area contributed by atoms with E-state index in [1.165, 1.54) is 4.90 Å². The first-order valence-corrected chi connectivity index (χ1v) is 9.56. The molecule has 0 spiro atoms. The Bertz CT molecular complexity index is 872. The highest BCUT2D eigenvalue weighted by Crippen LogP contribution is 2.26. The van der Waals surface area contributed by atoms with Crippen molar-refractivity contribution in [3.05, 3.63) is 64.7 Å². The van der Waals surface area contributed by atoms with Gasteiger partial charge in [0.15, 0.2) is 0 Å². The summed E-state index contributed by atoms with van der Waals surface area (Å²) >= 11 is 0. The third-order valence-corrected chi connectivity index (χ3v) is 4.62. The summed E-state index contributed by atoms with van der Waals surface area (Å²) in [4.78, 5) is 38.9. The molecule has 28 heavy (non-hydrogen) atoms. The van der Waals surface area contributed by atoms with Crippen molar-refractivity contribution in [1.29, 1.82) is 0 Å². The van der Waals surface area contributed by atoms with Gasteiger partial charge in [-0.1, -0.05) is 31.5 Å². The Kier molecular flexibility index (Phi) is 6.09. The van der Waals surface area contributed by atoms with Crippen molar-refractivity contribution >= 4 is 17.7 Å². The summed E-state index contributed by atoms with van der Waals surface area (Å²) in [5.74, 6) is -0.365. The summed E-state index contributed by atoms with van der Waals surface area (Å²) < 4.78 is 5.57. The molecule has 0 aliphatic carbocycles. The van der Waals surface area contributed by atoms with Crippen molar-refractivity contribution in [2.45, 2.75) is 33.2 Å². The van der Waals surface area contributed by atoms with Crippen molar-refractivity contribution in [2.24, 2.45) is 0 Å². The van der Waals surface area contributed by atoms with E-state index >= 15 is 0 Å². The Morgan fingerprint density at radius 2 is 1.71 bits per heavy atom. The first-order valence-electron chi connectivity index (χ1n) is 9.56. The molecule has 3 amide bonds. The number of benzene rings is 2. The molecule has 1 N–H and O–H groups in total. The maximum absolute atomic E-state index is 12.6. The lowest BCUT2D eigenvalue weighted by Crippen LogP contribution is -2.29. The Morgan fingerprint density at radius 1 is 1.04 bits per heavy atom. The van der Waals surface area contributed by atoms with Gasteiger partial charge in [0.05, 0.1) is 29.8 Å². The zero-order chi connectivity index (χ0) is 20.1. The van der Waals surface area contributed by atoms with Gasteiger partial charge in [0, 0.05) is 6.54 Å². The lowest BCUT2D eigenvalue weighted by molar-refractivity contribution is 0.0642. The van der Waals surface area contributed by atoms with Crippen LogP contribution in [0, 0.1) is 0 Å². The van der Waals surface area contributed by atoms with Crippen molar-refractivity contribution < 1.29 is 19.1 Å². The standard InChI is InChI=1S/C22H24N2O4/c1-3-5-12-23-20(25)18-13-15(10-11-19(18)28-4-2)14-24-21(26)16-8-6-7-9-17(16)22(24)27/h6-11,13H,3-5,12,14H2,1-2H3,(H,23,25). The molecule has 0 unspecified atom stereocenters. The maximum atomic E-state index is 12.6. The first-order chi connectivity index (χ1) is 13.6. The fraction of sp³-hybridized carbons (Fsp3) is 0.318. The minimum Gasteiger partial charge on any atom is -0.493 e. The van der Waals surface area contributed by atoms with Crippen LogP contribution < -0.4 is 10.1 Å². The Balaban J connectivity index is 1.83. The van der Waals surface area contributed by atoms with Crippen molar-refractivity contribution in [3.8, 4) is 5.75 Å². The van der Waals surface area contributed by atoms with E-state index in [4.69, 9.17) is 4.74 Å². The van der Waals surface area contributed by atoms with E-state index in [2.05, 4.69) is 12.2 Å². The average molecular weight is 380 g/mol. The molecule has 0 radical (unpaired) electrons. The smallest absolute Gasteiger partial charge is 0.261 e. The second kappa shape index (κ2) is 8.69. The third kappa shape index (κ3) is 3.91. The summed E-state index contributed by atoms with van der Waals surface area (Å²) in [6.45, 7) is 5.04. The van der Waals surface area contributed by atoms with E-state index in [-0.39, 0.29) is 24.3 Å². The van der Waals surface area contributed by atoms with Gasteiger partial charge in [-0.25, -0.2) is 0 Å². The molecule has 3 rings (SSSR count). The lowest BCUT2D eigenvalue weighted by atomic mass is 10.1. The molecular formula is C22H24N2O4. The average Bonchev–Trinajstić information content (AvgIpc) is 2.94. The number of hydrogen-bond donors (Lipinski definition) is 1. The number of nitrogens with zero attached hydrogens (tertiary/aromatic N) is 1. The Labute approximate surface area is 164 Å². The van der Waals surface area contributed by atoms with Crippen LogP contribution in [0.1, 0.15) is 63.3 Å². The molecule has 146 valence electrons. The second-order valence-electron chi connectivity index (χ2n) is 6.62. The molecule has 0 saturated heterocycles. The zero-order valence-corrected chi connectivity index (χ0v) is 16.2. The predicted molar refractivity (Wildman–Crippen MR) is 105 cm³/mol. The van der Waals surface area contributed by atoms with E-state index in [1.807, 2.05) is 6.92 Å². The highest BCUT2D eigenvalue weighted by atomic mass is 16.5. The van der Waals surface area contributed by atoms with Crippen LogP contribution >= 0.6 is 0 Å². The molecule has 0 aromatic heterocycles. The molecule has 2 aromatic carbocycles. The summed E-state index contributed by atoms with van der Waals surface area (Å²) in [5, 5.41) is 2.88. The highest BCUT2D eigenvalue weighted by molar-refractivity contribution is 6.21. The molecule has 0 atom stereocenters. The number of amides is 3. The van der Waals surface area contributed by atoms with Crippen LogP contribution in [0.15, 0.2) is 42.5 Å². The molecular weight excluding hydrogens is 356 g/mol. The SMILES string of the molecule is CCCCNC(=O)c1cc(CN2C(=O)c3ccccc3C2=O)ccc1OCC. The fourth-order valence-electron chi connectivity index (χ4n) is 3.17. The number of imide groups is 1. The predicted octanol–water partition coefficient (Wildman–Crippen LogP) is 3.41. The lowest BCUT2D eigenvalue weighted by Gasteiger charge is -2.16. The minimum atomic E-state index is -0.316. The van der Waals surface area contributed by atoms with Gasteiger partial charge in [0.25, 0.3) is 17.7 Å². The van der Waals surface area contributed by atoms with Crippen LogP contribution in [0.5, 0.6) is 5.75 Å². The summed E-state index contributed by atoms with van der Waals surface area (Å²) in [5.41, 5.74) is 1.93. The van der Waals surface area contributed by atoms with Gasteiger partial charge < -0.3 is 10.1 Å². The van der Waals surface area contributed by atoms with E-state index < -0.39 is 0 Å². The molecule has 6 heteroatoms. The summed E-state index contributed by atoms with van der Waals surface area (Å²) in [7, 11) is 0. The number of ether oxygens (including phenoxy) is 1. The van der Waals surface area contributed by atoms with E-state index in [1.54, 1.807) is 42.5 Å². The van der Waals surface area contributed by atoms with Crippen LogP contribution in [0.3, 0.4) is 0 Å². The molecule has 0 saturated carbocycles. The van der Waals surface area contributed by atoms with Gasteiger partial charge in [-0.05, 0) is 43.2 Å². The van der Waals surface area contributed by atoms with Crippen molar-refractivity contribution in [2.75, 3.05) is 13.2 Å². The second-order valence-corrected chi connectivity index (χ2v) is 6.62. The van der Waals surface area contributed by atoms with E-state index in [0.29, 0.717) is 41.2 Å². The van der Waals surface area contributed by atoms with Gasteiger partial charge in [-0.3, -0.25) is 19.3 Å². The fourth-order valence-corrected chi connectivity index (χ4v) is 3.17. The number of carbonyl (C=O) groups excluding carboxylic acids is 3. The quantitative estimate of drug-likeness (QED) is 0.562. The molecule has 6 nitrogen and oxygen atoms in total. The van der Waals surface area contributed by atoms with Crippen LogP contribution in [0.2, 0.25) is 0 Å². The van der Waals surface area contributed by atoms with Crippen molar-refractivity contribution in [1.82, 2.24) is 10.2 Å². The first kappa shape index (κ1) is 19.6. The molecule has 1 aliphatic rings. The molecule has 2 aromatic rings. The minimum absolute atomic E-state index is 0.105. The van der Waals surface area contributed by atoms with E-state index in [9.17, 15) is 14.4 Å². The van der Waals surface area contributed by atoms with Gasteiger partial charge in [0.2, 0.25) is 0 Å². The number of rotatable bonds is 8. The third-order valence-electron chi connectivity index (χ3n) is 4.62. The largest absolute Gasteiger partial charge is 0.493 e. The maximum Gasteiger partial charge on any atom is 0.261 e. The number of hydrogen-bond acceptors (Lipinski definition) is 4. The summed E-state index contributed by atoms with van der Waals surface area (Å²) in [6.07, 6.45) is 1.88. The van der Waals surface area contributed by atoms with E-state index in [0.717, 1.165) is 12.8 Å². The molecule has 0 fully saturated rings. The van der Waals surface area contributed by atoms with Gasteiger partial charge in [-0.15, -0.1) is 0 Å². The van der Waals surface area contributed by atoms with Crippen LogP contribution in [0.25, 0.3) is 0 Å². The molecule has 0 bridgehead atoms. The number of nitrogens with one attached hydrogen (secondary N) is 1. The van der Waals surface area contributed by atoms with Gasteiger partial charge in [0.1, 0.15) is 5.75 Å². The molecule has 1 heterocycles. The van der Waals surface area contributed by atoms with Crippen molar-refractivity contribution in [3.63, 3.8) is 0 Å². The highest BCUT2D eigenvalue weighted by Gasteiger charge is 2.35. The normalized spacial score (nSPS) is 12.9. The Hall–Kier alpha value is -3.15. The zero-order valence-electron chi connectivity index (χ0n) is 16.2. The Morgan fingerprint density at radius 3 is 2.32 bits per heavy atom. The van der Waals surface area contributed by atoms with Gasteiger partial charge >= 0.3 is 0 Å². The van der Waals surface area contributed by atoms with Crippen LogP contribution in [0.4, 0.5) is 0 Å².